The highest BCUT2D eigenvalue weighted by Gasteiger charge is 2.53. The molecule has 13 rings (SSSR count). The van der Waals surface area contributed by atoms with E-state index in [1.807, 2.05) is 0 Å². The van der Waals surface area contributed by atoms with Crippen molar-refractivity contribution in [1.82, 2.24) is 0 Å². The summed E-state index contributed by atoms with van der Waals surface area (Å²) in [7, 11) is 0. The van der Waals surface area contributed by atoms with Crippen LogP contribution in [0.2, 0.25) is 0 Å². The Hall–Kier alpha value is -7.42. The van der Waals surface area contributed by atoms with Crippen molar-refractivity contribution in [3.8, 4) is 44.5 Å². The lowest BCUT2D eigenvalue weighted by Crippen LogP contribution is -2.26. The predicted octanol–water partition coefficient (Wildman–Crippen LogP) is 15.4. The summed E-state index contributed by atoms with van der Waals surface area (Å²) in [5.74, 6) is 0. The number of nitrogens with zero attached hydrogens (tertiary/aromatic N) is 1. The van der Waals surface area contributed by atoms with Crippen LogP contribution in [0.5, 0.6) is 0 Å². The van der Waals surface area contributed by atoms with Crippen molar-refractivity contribution >= 4 is 39.0 Å². The molecule has 0 bridgehead atoms. The molecule has 0 radical (unpaired) electrons. The fourth-order valence-electron chi connectivity index (χ4n) is 11.3. The molecule has 1 atom stereocenters. The van der Waals surface area contributed by atoms with Gasteiger partial charge in [0.15, 0.2) is 0 Å². The molecule has 1 spiro atoms. The third-order valence-corrected chi connectivity index (χ3v) is 13.9. The van der Waals surface area contributed by atoms with Gasteiger partial charge in [0.2, 0.25) is 0 Å². The van der Waals surface area contributed by atoms with Crippen LogP contribution < -0.4 is 4.90 Å². The van der Waals surface area contributed by atoms with E-state index in [9.17, 15) is 0 Å². The molecule has 0 fully saturated rings. The van der Waals surface area contributed by atoms with Crippen molar-refractivity contribution in [2.75, 3.05) is 4.90 Å². The van der Waals surface area contributed by atoms with E-state index in [1.165, 1.54) is 89.0 Å². The number of rotatable bonds is 4. The van der Waals surface area contributed by atoms with Crippen molar-refractivity contribution in [1.29, 1.82) is 0 Å². The van der Waals surface area contributed by atoms with Gasteiger partial charge in [0.1, 0.15) is 11.2 Å². The molecule has 0 aliphatic heterocycles. The zero-order valence-corrected chi connectivity index (χ0v) is 33.4. The first-order valence-corrected chi connectivity index (χ1v) is 21.0. The van der Waals surface area contributed by atoms with Crippen LogP contribution >= 0.6 is 0 Å². The molecule has 0 saturated carbocycles. The first-order valence-electron chi connectivity index (χ1n) is 21.0. The lowest BCUT2D eigenvalue weighted by atomic mass is 9.70. The Morgan fingerprint density at radius 1 is 0.383 bits per heavy atom. The lowest BCUT2D eigenvalue weighted by molar-refractivity contribution is 0.660. The van der Waals surface area contributed by atoms with E-state index >= 15 is 0 Å². The van der Waals surface area contributed by atoms with Crippen LogP contribution in [0.15, 0.2) is 205 Å². The highest BCUT2D eigenvalue weighted by atomic mass is 16.3. The monoisotopic (exact) mass is 765 g/mol. The summed E-state index contributed by atoms with van der Waals surface area (Å²) in [6, 6.07) is 74.1. The number of para-hydroxylation sites is 1. The smallest absolute Gasteiger partial charge is 0.136 e. The molecule has 0 N–H and O–H groups in total. The normalized spacial score (nSPS) is 16.0. The first kappa shape index (κ1) is 33.5. The van der Waals surface area contributed by atoms with Crippen LogP contribution in [-0.4, -0.2) is 0 Å². The maximum absolute atomic E-state index is 6.53. The molecule has 2 heteroatoms. The average molecular weight is 766 g/mol. The summed E-state index contributed by atoms with van der Waals surface area (Å²) < 4.78 is 6.53. The fourth-order valence-corrected chi connectivity index (χ4v) is 11.3. The maximum atomic E-state index is 6.53. The number of benzene rings is 9. The van der Waals surface area contributed by atoms with Crippen LogP contribution in [-0.2, 0) is 10.8 Å². The van der Waals surface area contributed by atoms with E-state index in [1.54, 1.807) is 0 Å². The topological polar surface area (TPSA) is 16.4 Å². The molecule has 1 unspecified atom stereocenters. The van der Waals surface area contributed by atoms with E-state index in [0.29, 0.717) is 0 Å². The Morgan fingerprint density at radius 2 is 0.967 bits per heavy atom. The molecule has 3 aliphatic rings. The van der Waals surface area contributed by atoms with E-state index in [2.05, 4.69) is 219 Å². The molecule has 2 nitrogen and oxygen atoms in total. The van der Waals surface area contributed by atoms with E-state index in [0.717, 1.165) is 27.9 Å². The van der Waals surface area contributed by atoms with Crippen LogP contribution in [0.3, 0.4) is 0 Å². The van der Waals surface area contributed by atoms with Crippen LogP contribution in [0.4, 0.5) is 17.1 Å². The minimum atomic E-state index is -0.523. The van der Waals surface area contributed by atoms with Gasteiger partial charge in [-0.15, -0.1) is 0 Å². The zero-order chi connectivity index (χ0) is 39.7. The third kappa shape index (κ3) is 4.27. The molecule has 0 saturated heterocycles. The number of furan rings is 1. The van der Waals surface area contributed by atoms with Crippen molar-refractivity contribution in [3.05, 3.63) is 234 Å². The third-order valence-electron chi connectivity index (χ3n) is 13.9. The highest BCUT2D eigenvalue weighted by molar-refractivity contribution is 6.16. The van der Waals surface area contributed by atoms with Gasteiger partial charge in [-0.05, 0) is 115 Å². The maximum Gasteiger partial charge on any atom is 0.136 e. The molecule has 10 aromatic rings. The molecule has 282 valence electrons. The Labute approximate surface area is 349 Å². The first-order chi connectivity index (χ1) is 29.5. The van der Waals surface area contributed by atoms with E-state index < -0.39 is 5.41 Å². The summed E-state index contributed by atoms with van der Waals surface area (Å²) in [6.07, 6.45) is 0. The highest BCUT2D eigenvalue weighted by Crippen LogP contribution is 2.66. The van der Waals surface area contributed by atoms with Gasteiger partial charge >= 0.3 is 0 Å². The largest absolute Gasteiger partial charge is 0.456 e. The Bertz CT molecular complexity index is 3410. The van der Waals surface area contributed by atoms with Gasteiger partial charge in [-0.1, -0.05) is 172 Å². The second-order valence-electron chi connectivity index (χ2n) is 17.1. The Balaban J connectivity index is 1.09. The van der Waals surface area contributed by atoms with Gasteiger partial charge in [-0.3, -0.25) is 0 Å². The predicted molar refractivity (Wildman–Crippen MR) is 248 cm³/mol. The standard InChI is InChI=1S/C58H39NO/c1-57(2)45-21-10-6-17-40(45)41-32-31-39(35-50(41)57)59(38-29-27-37(28-30-38)36-15-4-3-5-16-36)51-25-14-24-48-54(51)42-18-7-11-22-46(42)58(48)47-23-12-8-19-43(47)55-49(58)33-34-53-56(55)44-20-9-13-26-52(44)60-53/h3-35H,1-2H3. The van der Waals surface area contributed by atoms with Gasteiger partial charge in [0.25, 0.3) is 0 Å². The summed E-state index contributed by atoms with van der Waals surface area (Å²) in [5, 5.41) is 2.35. The SMILES string of the molecule is CC1(C)c2ccccc2-c2ccc(N(c3ccc(-c4ccccc4)cc3)c3cccc4c3-c3ccccc3C43c4ccccc4-c4c3ccc3oc5ccccc5c43)cc21. The molecule has 0 amide bonds. The van der Waals surface area contributed by atoms with Crippen LogP contribution in [0.25, 0.3) is 66.4 Å². The summed E-state index contributed by atoms with van der Waals surface area (Å²) >= 11 is 0. The lowest BCUT2D eigenvalue weighted by Gasteiger charge is -2.32. The molecule has 1 aromatic heterocycles. The van der Waals surface area contributed by atoms with Crippen LogP contribution in [0.1, 0.15) is 47.2 Å². The minimum Gasteiger partial charge on any atom is -0.456 e. The molecule has 3 aliphatic carbocycles. The van der Waals surface area contributed by atoms with Gasteiger partial charge in [-0.2, -0.15) is 0 Å². The molecule has 9 aromatic carbocycles. The van der Waals surface area contributed by atoms with Crippen molar-refractivity contribution < 1.29 is 4.42 Å². The number of hydrogen-bond donors (Lipinski definition) is 0. The Kier molecular flexibility index (Phi) is 6.74. The molecular weight excluding hydrogens is 727 g/mol. The number of hydrogen-bond acceptors (Lipinski definition) is 2. The Morgan fingerprint density at radius 3 is 1.75 bits per heavy atom. The average Bonchev–Trinajstić information content (AvgIpc) is 3.99. The van der Waals surface area contributed by atoms with Crippen molar-refractivity contribution in [3.63, 3.8) is 0 Å². The molecule has 60 heavy (non-hydrogen) atoms. The van der Waals surface area contributed by atoms with E-state index in [4.69, 9.17) is 4.42 Å². The van der Waals surface area contributed by atoms with Gasteiger partial charge in [0.05, 0.1) is 11.1 Å². The van der Waals surface area contributed by atoms with E-state index in [-0.39, 0.29) is 5.41 Å². The fraction of sp³-hybridized carbons (Fsp3) is 0.0690. The zero-order valence-electron chi connectivity index (χ0n) is 33.4. The van der Waals surface area contributed by atoms with Crippen molar-refractivity contribution in [2.45, 2.75) is 24.7 Å². The second-order valence-corrected chi connectivity index (χ2v) is 17.1. The van der Waals surface area contributed by atoms with Crippen molar-refractivity contribution in [2.24, 2.45) is 0 Å². The molecule has 1 heterocycles. The summed E-state index contributed by atoms with van der Waals surface area (Å²) in [6.45, 7) is 4.74. The van der Waals surface area contributed by atoms with Gasteiger partial charge < -0.3 is 9.32 Å². The quantitative estimate of drug-likeness (QED) is 0.177. The number of anilines is 3. The minimum absolute atomic E-state index is 0.139. The van der Waals surface area contributed by atoms with Gasteiger partial charge in [0, 0.05) is 33.1 Å². The summed E-state index contributed by atoms with van der Waals surface area (Å²) in [4.78, 5) is 2.51. The molecular formula is C58H39NO. The van der Waals surface area contributed by atoms with Gasteiger partial charge in [-0.25, -0.2) is 0 Å². The summed E-state index contributed by atoms with van der Waals surface area (Å²) in [5.41, 5.74) is 22.7. The van der Waals surface area contributed by atoms with Crippen LogP contribution in [0, 0.1) is 0 Å². The number of fused-ring (bicyclic) bond motifs is 17. The second kappa shape index (κ2) is 12.1.